The number of aromatic amines is 1. The summed E-state index contributed by atoms with van der Waals surface area (Å²) in [5.74, 6) is -15.0. The van der Waals surface area contributed by atoms with Crippen molar-refractivity contribution in [2.24, 2.45) is 17.4 Å². The van der Waals surface area contributed by atoms with E-state index in [0.29, 0.717) is 17.7 Å². The van der Waals surface area contributed by atoms with Crippen molar-refractivity contribution >= 4 is 126 Å². The topological polar surface area (TPSA) is 528 Å². The van der Waals surface area contributed by atoms with Gasteiger partial charge in [0.05, 0.1) is 32.1 Å². The normalized spacial score (nSPS) is 26.6. The fourth-order valence-corrected chi connectivity index (χ4v) is 14.5. The molecule has 4 aliphatic heterocycles. The summed E-state index contributed by atoms with van der Waals surface area (Å²) < 4.78 is 0. The summed E-state index contributed by atoms with van der Waals surface area (Å²) in [6.45, 7) is 0.399. The Morgan fingerprint density at radius 1 is 0.710 bits per heavy atom. The molecule has 0 radical (unpaired) electrons. The largest absolute Gasteiger partial charge is 0.508 e. The highest BCUT2D eigenvalue weighted by Crippen LogP contribution is 2.27. The van der Waals surface area contributed by atoms with Crippen molar-refractivity contribution in [3.63, 3.8) is 0 Å². The zero-order chi connectivity index (χ0) is 67.9. The van der Waals surface area contributed by atoms with Crippen LogP contribution in [-0.4, -0.2) is 241 Å². The number of amides is 14. The molecule has 93 heavy (non-hydrogen) atoms. The second-order valence-electron chi connectivity index (χ2n) is 22.5. The first kappa shape index (κ1) is 74.1. The third kappa shape index (κ3) is 23.0. The first-order valence-corrected chi connectivity index (χ1v) is 34.7. The highest BCUT2D eigenvalue weighted by atomic mass is 33.1. The van der Waals surface area contributed by atoms with Crippen LogP contribution >= 0.6 is 43.2 Å². The number of rotatable bonds is 17. The first-order chi connectivity index (χ1) is 44.3. The van der Waals surface area contributed by atoms with E-state index in [1.165, 1.54) is 36.8 Å². The van der Waals surface area contributed by atoms with Gasteiger partial charge in [-0.25, -0.2) is 4.98 Å². The number of nitrogens with one attached hydrogen (secondary N) is 13. The van der Waals surface area contributed by atoms with E-state index in [0.717, 1.165) is 48.1 Å². The summed E-state index contributed by atoms with van der Waals surface area (Å²) in [7, 11) is 3.50. The van der Waals surface area contributed by atoms with Gasteiger partial charge in [0.15, 0.2) is 0 Å². The van der Waals surface area contributed by atoms with Gasteiger partial charge < -0.3 is 100 Å². The molecule has 5 heterocycles. The van der Waals surface area contributed by atoms with E-state index < -0.39 is 193 Å². The number of carbonyl (C=O) groups excluding carboxylic acids is 14. The van der Waals surface area contributed by atoms with Gasteiger partial charge in [0.25, 0.3) is 0 Å². The molecule has 4 fully saturated rings. The number of imidazole rings is 1. The molecule has 1 aromatic heterocycles. The van der Waals surface area contributed by atoms with Crippen LogP contribution in [0.25, 0.3) is 0 Å². The maximum atomic E-state index is 14.8. The molecular formula is C55H79N17O17S4. The quantitative estimate of drug-likeness (QED) is 0.0517. The molecule has 0 spiro atoms. The number of fused-ring (bicyclic) bond motifs is 6. The molecular weight excluding hydrogens is 1300 g/mol. The lowest BCUT2D eigenvalue weighted by Gasteiger charge is -2.30. The van der Waals surface area contributed by atoms with Gasteiger partial charge in [0.2, 0.25) is 82.7 Å². The van der Waals surface area contributed by atoms with E-state index in [1.54, 1.807) is 13.8 Å². The standard InChI is InChI=1S/C55H79N17O17S4/c1-26(2)44(71-43(78)18-59-46(80)32-10-11-41(76)62-32)54(88)70-39-24-92-90-21-36(45(57)79)67-53(87)40-15-30(75)19-72(40)55(89)34(14-28-16-58-25-61-28)65-51(85)38-23-93-91-22-37(68-52(39)86)47(81)60-17-42(77)63-33(13-27-6-8-29(74)9-7-27)49(83)64-31(5-3-4-12-56)48(82)66-35(20-73)50(84)69-38/h6-9,16,25-26,30-40,44,73-75H,3-5,10-15,17-24,56H2,1-2H3,(H2,57,79)(H,58,61)(H,59,80)(H,60,81)(H,62,76)(H,63,77)(H,64,83)(H,65,85)(H,66,82)(H,67,87)(H,68,86)(H,69,84)(H,70,88)(H,71,78)/t30-,31+,32+,33+,34+,35+,36+,37+,38+,39+,40+,44+/m1/s1. The minimum atomic E-state index is -1.82. The first-order valence-electron chi connectivity index (χ1n) is 29.7. The Balaban J connectivity index is 1.39. The SMILES string of the molecule is CC(C)[C@H](NC(=O)CNC(=O)[C@@H]1CCC(=O)N1)C(=O)N[C@H]1CSSC[C@@H](C(N)=O)NC(=O)[C@@H]2C[C@@H](O)CN2C(=O)[C@H](Cc2cnc[nH]2)NC(=O)[C@@H]2CSSC[C@H](NC1=O)C(=O)NCC(=O)N[C@@H](Cc1ccc(O)cc1)C(=O)N[C@@H](CCCCN)C(=O)N[C@@H](CO)C(=O)N2. The second-order valence-corrected chi connectivity index (χ2v) is 27.6. The molecule has 1 aromatic carbocycles. The van der Waals surface area contributed by atoms with Crippen LogP contribution in [0.5, 0.6) is 5.75 Å². The fraction of sp³-hybridized carbons (Fsp3) is 0.582. The average Bonchev–Trinajstić information content (AvgIpc) is 1.72. The molecule has 0 aliphatic carbocycles. The number of hydrogen-bond acceptors (Lipinski definition) is 23. The lowest BCUT2D eigenvalue weighted by molar-refractivity contribution is -0.142. The van der Waals surface area contributed by atoms with Crippen molar-refractivity contribution in [1.29, 1.82) is 0 Å². The summed E-state index contributed by atoms with van der Waals surface area (Å²) in [4.78, 5) is 202. The van der Waals surface area contributed by atoms with Crippen LogP contribution < -0.4 is 75.3 Å². The number of nitrogens with two attached hydrogens (primary N) is 2. The van der Waals surface area contributed by atoms with Gasteiger partial charge in [0, 0.05) is 67.1 Å². The maximum absolute atomic E-state index is 14.8. The van der Waals surface area contributed by atoms with Crippen molar-refractivity contribution in [3.8, 4) is 5.75 Å². The maximum Gasteiger partial charge on any atom is 0.246 e. The molecule has 510 valence electrons. The molecule has 0 unspecified atom stereocenters. The predicted molar refractivity (Wildman–Crippen MR) is 339 cm³/mol. The molecule has 34 nitrogen and oxygen atoms in total. The highest BCUT2D eigenvalue weighted by molar-refractivity contribution is 8.77. The zero-order valence-electron chi connectivity index (χ0n) is 50.7. The highest BCUT2D eigenvalue weighted by Gasteiger charge is 2.44. The van der Waals surface area contributed by atoms with Crippen molar-refractivity contribution in [2.45, 2.75) is 138 Å². The summed E-state index contributed by atoms with van der Waals surface area (Å²) >= 11 is 0. The number of hydrogen-bond donors (Lipinski definition) is 18. The zero-order valence-corrected chi connectivity index (χ0v) is 54.0. The number of phenols is 1. The Hall–Kier alpha value is -7.91. The second kappa shape index (κ2) is 36.5. The van der Waals surface area contributed by atoms with Crippen LogP contribution in [0.4, 0.5) is 0 Å². The van der Waals surface area contributed by atoms with E-state index in [4.69, 9.17) is 11.5 Å². The summed E-state index contributed by atoms with van der Waals surface area (Å²) in [6.07, 6.45) is 1.35. The Morgan fingerprint density at radius 2 is 1.35 bits per heavy atom. The lowest BCUT2D eigenvalue weighted by atomic mass is 10.0. The van der Waals surface area contributed by atoms with Gasteiger partial charge in [-0.05, 0) is 55.8 Å². The Labute approximate surface area is 549 Å². The summed E-state index contributed by atoms with van der Waals surface area (Å²) in [5, 5.41) is 61.9. The molecule has 2 bridgehead atoms. The van der Waals surface area contributed by atoms with Gasteiger partial charge in [-0.15, -0.1) is 0 Å². The Bertz CT molecular complexity index is 3030. The molecule has 4 aliphatic rings. The van der Waals surface area contributed by atoms with E-state index >= 15 is 0 Å². The molecule has 0 saturated carbocycles. The third-order valence-corrected chi connectivity index (χ3v) is 19.8. The van der Waals surface area contributed by atoms with Crippen LogP contribution in [0.1, 0.15) is 63.6 Å². The number of H-pyrrole nitrogens is 1. The summed E-state index contributed by atoms with van der Waals surface area (Å²) in [5.41, 5.74) is 12.3. The van der Waals surface area contributed by atoms with Crippen molar-refractivity contribution < 1.29 is 82.4 Å². The van der Waals surface area contributed by atoms with E-state index in [9.17, 15) is 82.4 Å². The number of aliphatic hydroxyl groups is 2. The van der Waals surface area contributed by atoms with Gasteiger partial charge in [-0.2, -0.15) is 0 Å². The van der Waals surface area contributed by atoms with Crippen molar-refractivity contribution in [3.05, 3.63) is 48.0 Å². The number of phenolic OH excluding ortho intramolecular Hbond substituents is 1. The van der Waals surface area contributed by atoms with Crippen LogP contribution in [0.15, 0.2) is 36.8 Å². The number of benzene rings is 1. The molecule has 20 N–H and O–H groups in total. The molecule has 4 saturated heterocycles. The third-order valence-electron chi connectivity index (χ3n) is 15.0. The van der Waals surface area contributed by atoms with Crippen LogP contribution in [0, 0.1) is 5.92 Å². The molecule has 2 aromatic rings. The van der Waals surface area contributed by atoms with Crippen molar-refractivity contribution in [2.75, 3.05) is 55.8 Å². The Morgan fingerprint density at radius 3 is 2.00 bits per heavy atom. The van der Waals surface area contributed by atoms with Gasteiger partial charge >= 0.3 is 0 Å². The van der Waals surface area contributed by atoms with Crippen LogP contribution in [-0.2, 0) is 80.0 Å². The number of aromatic nitrogens is 2. The lowest BCUT2D eigenvalue weighted by Crippen LogP contribution is -2.61. The number of aromatic hydroxyl groups is 1. The van der Waals surface area contributed by atoms with Crippen LogP contribution in [0.2, 0.25) is 0 Å². The fourth-order valence-electron chi connectivity index (χ4n) is 9.85. The minimum absolute atomic E-state index is 0.0770. The molecule has 14 amide bonds. The number of aliphatic hydroxyl groups excluding tert-OH is 2. The van der Waals surface area contributed by atoms with Crippen molar-refractivity contribution in [1.82, 2.24) is 78.7 Å². The number of carbonyl (C=O) groups is 14. The summed E-state index contributed by atoms with van der Waals surface area (Å²) in [6, 6.07) is -10.8. The number of unbranched alkanes of at least 4 members (excludes halogenated alkanes) is 1. The predicted octanol–water partition coefficient (Wildman–Crippen LogP) is -7.21. The smallest absolute Gasteiger partial charge is 0.246 e. The van der Waals surface area contributed by atoms with E-state index in [2.05, 4.69) is 73.8 Å². The monoisotopic (exact) mass is 1380 g/mol. The Kier molecular flexibility index (Phi) is 29.1. The van der Waals surface area contributed by atoms with Gasteiger partial charge in [-0.3, -0.25) is 67.1 Å². The van der Waals surface area contributed by atoms with E-state index in [-0.39, 0.29) is 74.7 Å². The minimum Gasteiger partial charge on any atom is -0.508 e. The molecule has 12 atom stereocenters. The molecule has 38 heteroatoms. The average molecular weight is 1380 g/mol. The van der Waals surface area contributed by atoms with Gasteiger partial charge in [0.1, 0.15) is 72.2 Å². The molecule has 6 rings (SSSR count). The van der Waals surface area contributed by atoms with E-state index in [1.807, 2.05) is 0 Å². The number of nitrogens with zero attached hydrogens (tertiary/aromatic N) is 2. The number of primary amides is 1. The van der Waals surface area contributed by atoms with Crippen LogP contribution in [0.3, 0.4) is 0 Å². The van der Waals surface area contributed by atoms with Gasteiger partial charge in [-0.1, -0.05) is 69.2 Å².